The second kappa shape index (κ2) is 10.2. The zero-order valence-electron chi connectivity index (χ0n) is 26.7. The SMILES string of the molecule is N#Cc1ccc(-c2cc3c(cn2)CCc2c-3[nH]c3c2C(=O)NC2(CC2)C3)cc1.O=C1NC2(CC2)Cc2[nH]c3c(c21)CCc1cnc(Cl)cc1-3. The predicted molar refractivity (Wildman–Crippen MR) is 184 cm³/mol. The highest BCUT2D eigenvalue weighted by Crippen LogP contribution is 2.47. The summed E-state index contributed by atoms with van der Waals surface area (Å²) in [6.07, 6.45) is 13.5. The number of carbonyl (C=O) groups excluding carboxylic acids is 2. The number of benzene rings is 1. The van der Waals surface area contributed by atoms with Crippen LogP contribution in [0.1, 0.15) is 85.6 Å². The summed E-state index contributed by atoms with van der Waals surface area (Å²) in [6, 6.07) is 13.7. The number of nitriles is 1. The lowest BCUT2D eigenvalue weighted by Gasteiger charge is -2.24. The summed E-state index contributed by atoms with van der Waals surface area (Å²) >= 11 is 6.05. The van der Waals surface area contributed by atoms with Crippen molar-refractivity contribution in [3.8, 4) is 39.8 Å². The van der Waals surface area contributed by atoms with Crippen LogP contribution in [0.4, 0.5) is 0 Å². The minimum atomic E-state index is 0.00620. The molecule has 4 N–H and O–H groups in total. The average molecular weight is 666 g/mol. The van der Waals surface area contributed by atoms with Gasteiger partial charge in [0, 0.05) is 64.4 Å². The van der Waals surface area contributed by atoms with E-state index in [-0.39, 0.29) is 22.9 Å². The van der Waals surface area contributed by atoms with Crippen molar-refractivity contribution >= 4 is 23.4 Å². The molecule has 2 aliphatic heterocycles. The van der Waals surface area contributed by atoms with Gasteiger partial charge in [-0.15, -0.1) is 0 Å². The second-order valence-electron chi connectivity index (χ2n) is 14.6. The van der Waals surface area contributed by atoms with E-state index in [0.29, 0.717) is 10.7 Å². The van der Waals surface area contributed by atoms with Crippen LogP contribution in [-0.4, -0.2) is 42.8 Å². The smallest absolute Gasteiger partial charge is 0.253 e. The number of nitrogens with one attached hydrogen (secondary N) is 4. The van der Waals surface area contributed by atoms with Crippen molar-refractivity contribution in [2.75, 3.05) is 0 Å². The zero-order chi connectivity index (χ0) is 33.1. The molecule has 11 rings (SSSR count). The van der Waals surface area contributed by atoms with Gasteiger partial charge in [0.15, 0.2) is 0 Å². The van der Waals surface area contributed by atoms with Crippen LogP contribution in [0.2, 0.25) is 5.15 Å². The van der Waals surface area contributed by atoms with Crippen LogP contribution in [0.3, 0.4) is 0 Å². The van der Waals surface area contributed by atoms with Crippen molar-refractivity contribution in [3.63, 3.8) is 0 Å². The van der Waals surface area contributed by atoms with Crippen LogP contribution in [0.25, 0.3) is 33.8 Å². The molecule has 242 valence electrons. The summed E-state index contributed by atoms with van der Waals surface area (Å²) in [5.41, 5.74) is 15.6. The molecule has 4 aromatic heterocycles. The Kier molecular flexibility index (Phi) is 5.97. The van der Waals surface area contributed by atoms with Crippen molar-refractivity contribution in [2.45, 2.75) is 75.3 Å². The number of halogens is 1. The molecule has 6 heterocycles. The lowest BCUT2D eigenvalue weighted by molar-refractivity contribution is 0.0908. The highest BCUT2D eigenvalue weighted by atomic mass is 35.5. The fraction of sp³-hybridized carbons (Fsp3) is 0.308. The number of aryl methyl sites for hydroxylation is 2. The number of rotatable bonds is 1. The van der Waals surface area contributed by atoms with Crippen molar-refractivity contribution in [1.29, 1.82) is 5.26 Å². The molecular formula is C39H32ClN7O2. The molecule has 10 heteroatoms. The maximum absolute atomic E-state index is 12.8. The van der Waals surface area contributed by atoms with E-state index >= 15 is 0 Å². The van der Waals surface area contributed by atoms with Gasteiger partial charge in [-0.25, -0.2) is 4.98 Å². The number of aromatic nitrogens is 4. The molecule has 4 aliphatic carbocycles. The summed E-state index contributed by atoms with van der Waals surface area (Å²) < 4.78 is 0. The predicted octanol–water partition coefficient (Wildman–Crippen LogP) is 6.18. The van der Waals surface area contributed by atoms with Crippen molar-refractivity contribution in [3.05, 3.63) is 104 Å². The van der Waals surface area contributed by atoms with Crippen LogP contribution in [0.15, 0.2) is 48.8 Å². The topological polar surface area (TPSA) is 139 Å². The number of fused-ring (bicyclic) bond motifs is 10. The molecule has 5 aromatic rings. The van der Waals surface area contributed by atoms with Gasteiger partial charge >= 0.3 is 0 Å². The van der Waals surface area contributed by atoms with E-state index in [1.807, 2.05) is 42.7 Å². The highest BCUT2D eigenvalue weighted by Gasteiger charge is 2.50. The lowest BCUT2D eigenvalue weighted by atomic mass is 9.87. The highest BCUT2D eigenvalue weighted by molar-refractivity contribution is 6.29. The van der Waals surface area contributed by atoms with E-state index in [0.717, 1.165) is 132 Å². The first-order valence-corrected chi connectivity index (χ1v) is 17.5. The van der Waals surface area contributed by atoms with E-state index in [9.17, 15) is 9.59 Å². The van der Waals surface area contributed by atoms with E-state index in [4.69, 9.17) is 16.9 Å². The Balaban J connectivity index is 0.000000130. The van der Waals surface area contributed by atoms with Crippen molar-refractivity contribution in [1.82, 2.24) is 30.6 Å². The van der Waals surface area contributed by atoms with Gasteiger partial charge in [0.25, 0.3) is 11.8 Å². The molecule has 0 saturated heterocycles. The Morgan fingerprint density at radius 2 is 1.24 bits per heavy atom. The molecule has 2 saturated carbocycles. The van der Waals surface area contributed by atoms with Crippen molar-refractivity contribution in [2.24, 2.45) is 0 Å². The molecular weight excluding hydrogens is 634 g/mol. The van der Waals surface area contributed by atoms with Crippen LogP contribution in [-0.2, 0) is 38.5 Å². The number of carbonyl (C=O) groups is 2. The number of hydrogen-bond acceptors (Lipinski definition) is 5. The molecule has 0 atom stereocenters. The molecule has 2 spiro atoms. The maximum Gasteiger partial charge on any atom is 0.253 e. The van der Waals surface area contributed by atoms with E-state index in [2.05, 4.69) is 42.7 Å². The molecule has 0 unspecified atom stereocenters. The van der Waals surface area contributed by atoms with Gasteiger partial charge in [0.05, 0.1) is 39.8 Å². The zero-order valence-corrected chi connectivity index (χ0v) is 27.5. The van der Waals surface area contributed by atoms with Crippen LogP contribution < -0.4 is 10.6 Å². The Labute approximate surface area is 287 Å². The summed E-state index contributed by atoms with van der Waals surface area (Å²) in [4.78, 5) is 41.2. The van der Waals surface area contributed by atoms with Gasteiger partial charge in [-0.1, -0.05) is 23.7 Å². The molecule has 0 radical (unpaired) electrons. The van der Waals surface area contributed by atoms with Gasteiger partial charge in [-0.3, -0.25) is 14.6 Å². The third-order valence-electron chi connectivity index (χ3n) is 11.4. The standard InChI is InChI=1S/C23H18N4O.C16H14ClN3O/c24-11-13-1-3-14(4-2-13)18-9-17-15(12-25-18)5-6-16-20-19(26-21(16)17)10-23(7-8-23)27-22(20)28;17-12-5-10-8(7-18-12)1-2-9-13-11(19-14(9)10)6-16(3-4-16)20-15(13)21/h1-4,9,12,26H,5-8,10H2,(H,27,28);5,7,19H,1-4,6H2,(H,20,21). The first-order valence-electron chi connectivity index (χ1n) is 17.1. The van der Waals surface area contributed by atoms with Crippen molar-refractivity contribution < 1.29 is 9.59 Å². The van der Waals surface area contributed by atoms with Gasteiger partial charge in [0.1, 0.15) is 5.15 Å². The number of H-pyrrole nitrogens is 2. The quantitative estimate of drug-likeness (QED) is 0.158. The summed E-state index contributed by atoms with van der Waals surface area (Å²) in [5.74, 6) is 0.177. The normalized spacial score (nSPS) is 19.0. The average Bonchev–Trinajstić information content (AvgIpc) is 3.95. The number of pyridine rings is 2. The molecule has 1 aromatic carbocycles. The molecule has 6 aliphatic rings. The largest absolute Gasteiger partial charge is 0.357 e. The number of amides is 2. The molecule has 9 nitrogen and oxygen atoms in total. The van der Waals surface area contributed by atoms with Crippen LogP contribution >= 0.6 is 11.6 Å². The van der Waals surface area contributed by atoms with E-state index in [1.165, 1.54) is 11.1 Å². The number of hydrogen-bond donors (Lipinski definition) is 4. The third kappa shape index (κ3) is 4.57. The molecule has 2 fully saturated rings. The number of aromatic amines is 2. The van der Waals surface area contributed by atoms with Gasteiger partial charge in [-0.05, 0) is 97.9 Å². The molecule has 2 amide bonds. The van der Waals surface area contributed by atoms with Gasteiger partial charge < -0.3 is 20.6 Å². The van der Waals surface area contributed by atoms with Crippen LogP contribution in [0, 0.1) is 11.3 Å². The molecule has 49 heavy (non-hydrogen) atoms. The fourth-order valence-corrected chi connectivity index (χ4v) is 8.60. The Morgan fingerprint density at radius 3 is 1.78 bits per heavy atom. The minimum absolute atomic E-state index is 0.00620. The van der Waals surface area contributed by atoms with E-state index in [1.54, 1.807) is 0 Å². The minimum Gasteiger partial charge on any atom is -0.357 e. The van der Waals surface area contributed by atoms with Gasteiger partial charge in [-0.2, -0.15) is 5.26 Å². The fourth-order valence-electron chi connectivity index (χ4n) is 8.44. The first-order chi connectivity index (χ1) is 23.8. The Bertz CT molecular complexity index is 2320. The lowest BCUT2D eigenvalue weighted by Crippen LogP contribution is -2.43. The van der Waals surface area contributed by atoms with Crippen LogP contribution in [0.5, 0.6) is 0 Å². The second-order valence-corrected chi connectivity index (χ2v) is 15.0. The first kappa shape index (κ1) is 28.8. The third-order valence-corrected chi connectivity index (χ3v) is 11.6. The maximum atomic E-state index is 12.8. The monoisotopic (exact) mass is 665 g/mol. The summed E-state index contributed by atoms with van der Waals surface area (Å²) in [5, 5.41) is 15.9. The number of nitrogens with zero attached hydrogens (tertiary/aromatic N) is 3. The van der Waals surface area contributed by atoms with E-state index < -0.39 is 0 Å². The van der Waals surface area contributed by atoms with Gasteiger partial charge in [0.2, 0.25) is 0 Å². The summed E-state index contributed by atoms with van der Waals surface area (Å²) in [7, 11) is 0. The summed E-state index contributed by atoms with van der Waals surface area (Å²) in [6.45, 7) is 0. The Hall–Kier alpha value is -5.20. The molecule has 0 bridgehead atoms. The Morgan fingerprint density at radius 1 is 0.714 bits per heavy atom.